The molecule has 0 radical (unpaired) electrons. The Balaban J connectivity index is 0.00000484. The van der Waals surface area contributed by atoms with Crippen LogP contribution in [0, 0.1) is 5.92 Å². The Labute approximate surface area is 144 Å². The van der Waals surface area contributed by atoms with Gasteiger partial charge in [-0.3, -0.25) is 4.79 Å². The molecule has 0 spiro atoms. The minimum atomic E-state index is -3.17. The molecule has 1 amide bonds. The van der Waals surface area contributed by atoms with Gasteiger partial charge in [-0.05, 0) is 18.9 Å². The van der Waals surface area contributed by atoms with Crippen molar-refractivity contribution in [3.8, 4) is 0 Å². The summed E-state index contributed by atoms with van der Waals surface area (Å²) in [7, 11) is -3.17. The largest absolute Gasteiger partial charge is 0.356 e. The molecule has 23 heavy (non-hydrogen) atoms. The highest BCUT2D eigenvalue weighted by atomic mass is 35.5. The molecule has 132 valence electrons. The normalized spacial score (nSPS) is 13.7. The minimum absolute atomic E-state index is 0. The molecule has 0 aromatic heterocycles. The highest BCUT2D eigenvalue weighted by Gasteiger charge is 2.21. The van der Waals surface area contributed by atoms with Gasteiger partial charge in [0.15, 0.2) is 0 Å². The third-order valence-electron chi connectivity index (χ3n) is 3.49. The number of carbonyl (C=O) groups is 1. The number of carbonyl (C=O) groups excluding carboxylic acids is 1. The van der Waals surface area contributed by atoms with Gasteiger partial charge in [-0.1, -0.05) is 37.3 Å². The van der Waals surface area contributed by atoms with Crippen LogP contribution in [0.3, 0.4) is 0 Å². The van der Waals surface area contributed by atoms with Crippen LogP contribution < -0.4 is 15.8 Å². The molecule has 0 aliphatic rings. The van der Waals surface area contributed by atoms with E-state index in [4.69, 9.17) is 5.73 Å². The van der Waals surface area contributed by atoms with Crippen LogP contribution in [-0.4, -0.2) is 33.2 Å². The Kier molecular flexibility index (Phi) is 10.1. The number of halogens is 1. The van der Waals surface area contributed by atoms with E-state index in [0.29, 0.717) is 19.5 Å². The molecule has 1 rings (SSSR count). The van der Waals surface area contributed by atoms with Crippen LogP contribution in [0.15, 0.2) is 30.3 Å². The first-order valence-electron chi connectivity index (χ1n) is 7.43. The maximum absolute atomic E-state index is 12.0. The van der Waals surface area contributed by atoms with Gasteiger partial charge >= 0.3 is 0 Å². The van der Waals surface area contributed by atoms with Gasteiger partial charge in [-0.15, -0.1) is 12.4 Å². The van der Waals surface area contributed by atoms with Crippen molar-refractivity contribution in [3.63, 3.8) is 0 Å². The van der Waals surface area contributed by atoms with Crippen LogP contribution in [0.4, 0.5) is 0 Å². The molecule has 0 bridgehead atoms. The molecular formula is C15H26ClN3O3S. The fraction of sp³-hybridized carbons (Fsp3) is 0.533. The van der Waals surface area contributed by atoms with Gasteiger partial charge in [0.25, 0.3) is 0 Å². The van der Waals surface area contributed by atoms with E-state index in [0.717, 1.165) is 5.56 Å². The number of benzene rings is 1. The molecule has 0 saturated carbocycles. The van der Waals surface area contributed by atoms with E-state index < -0.39 is 10.0 Å². The summed E-state index contributed by atoms with van der Waals surface area (Å²) in [5.74, 6) is -0.424. The molecule has 2 unspecified atom stereocenters. The predicted molar refractivity (Wildman–Crippen MR) is 94.9 cm³/mol. The van der Waals surface area contributed by atoms with Crippen LogP contribution in [0.5, 0.6) is 0 Å². The topological polar surface area (TPSA) is 101 Å². The lowest BCUT2D eigenvalue weighted by molar-refractivity contribution is -0.125. The Morgan fingerprint density at radius 3 is 2.39 bits per heavy atom. The number of amides is 1. The van der Waals surface area contributed by atoms with E-state index in [1.54, 1.807) is 13.8 Å². The van der Waals surface area contributed by atoms with Gasteiger partial charge in [-0.2, -0.15) is 0 Å². The Bertz CT molecular complexity index is 567. The summed E-state index contributed by atoms with van der Waals surface area (Å²) in [6.07, 6.45) is 0.540. The van der Waals surface area contributed by atoms with E-state index in [2.05, 4.69) is 10.0 Å². The van der Waals surface area contributed by atoms with Gasteiger partial charge in [0.2, 0.25) is 15.9 Å². The maximum atomic E-state index is 12.0. The van der Waals surface area contributed by atoms with Crippen molar-refractivity contribution in [2.75, 3.05) is 18.8 Å². The zero-order valence-electron chi connectivity index (χ0n) is 13.5. The molecule has 4 N–H and O–H groups in total. The van der Waals surface area contributed by atoms with Crippen LogP contribution in [-0.2, 0) is 14.8 Å². The number of hydrogen-bond acceptors (Lipinski definition) is 4. The number of nitrogens with two attached hydrogens (primary N) is 1. The zero-order chi connectivity index (χ0) is 16.6. The van der Waals surface area contributed by atoms with Crippen molar-refractivity contribution in [2.45, 2.75) is 26.3 Å². The van der Waals surface area contributed by atoms with Crippen LogP contribution in [0.1, 0.15) is 31.9 Å². The summed E-state index contributed by atoms with van der Waals surface area (Å²) in [6.45, 7) is 4.09. The number of hydrogen-bond donors (Lipinski definition) is 3. The molecule has 6 nitrogen and oxygen atoms in total. The molecule has 0 aliphatic carbocycles. The highest BCUT2D eigenvalue weighted by Crippen LogP contribution is 2.18. The van der Waals surface area contributed by atoms with Crippen LogP contribution in [0.25, 0.3) is 0 Å². The maximum Gasteiger partial charge on any atom is 0.224 e. The van der Waals surface area contributed by atoms with Crippen molar-refractivity contribution in [2.24, 2.45) is 11.7 Å². The third kappa shape index (κ3) is 7.78. The number of sulfonamides is 1. The average molecular weight is 364 g/mol. The van der Waals surface area contributed by atoms with E-state index in [9.17, 15) is 13.2 Å². The summed E-state index contributed by atoms with van der Waals surface area (Å²) in [6, 6.07) is 9.11. The van der Waals surface area contributed by atoms with Crippen LogP contribution in [0.2, 0.25) is 0 Å². The number of nitrogens with one attached hydrogen (secondary N) is 2. The van der Waals surface area contributed by atoms with Crippen molar-refractivity contribution >= 4 is 28.3 Å². The van der Waals surface area contributed by atoms with Gasteiger partial charge in [-0.25, -0.2) is 13.1 Å². The van der Waals surface area contributed by atoms with Crippen molar-refractivity contribution in [3.05, 3.63) is 35.9 Å². The van der Waals surface area contributed by atoms with Crippen LogP contribution >= 0.6 is 12.4 Å². The van der Waals surface area contributed by atoms with E-state index in [1.807, 2.05) is 30.3 Å². The summed E-state index contributed by atoms with van der Waals surface area (Å²) in [4.78, 5) is 12.0. The lowest BCUT2D eigenvalue weighted by Crippen LogP contribution is -2.37. The quantitative estimate of drug-likeness (QED) is 0.573. The smallest absolute Gasteiger partial charge is 0.224 e. The fourth-order valence-electron chi connectivity index (χ4n) is 1.92. The van der Waals surface area contributed by atoms with E-state index in [-0.39, 0.29) is 36.0 Å². The van der Waals surface area contributed by atoms with Gasteiger partial charge in [0, 0.05) is 19.1 Å². The van der Waals surface area contributed by atoms with E-state index in [1.165, 1.54) is 0 Å². The summed E-state index contributed by atoms with van der Waals surface area (Å²) < 4.78 is 24.9. The molecule has 2 atom stereocenters. The summed E-state index contributed by atoms with van der Waals surface area (Å²) in [5.41, 5.74) is 7.01. The highest BCUT2D eigenvalue weighted by molar-refractivity contribution is 7.89. The molecule has 0 saturated heterocycles. The second kappa shape index (κ2) is 10.6. The molecule has 0 heterocycles. The second-order valence-corrected chi connectivity index (χ2v) is 7.26. The standard InChI is InChI=1S/C15H25N3O3S.ClH/c1-3-22(20,21)18-11-7-10-17-15(19)12(2)14(16)13-8-5-4-6-9-13;/h4-6,8-9,12,14,18H,3,7,10-11,16H2,1-2H3,(H,17,19);1H. The van der Waals surface area contributed by atoms with Gasteiger partial charge in [0.05, 0.1) is 11.7 Å². The first-order chi connectivity index (χ1) is 10.4. The molecule has 0 fully saturated rings. The van der Waals surface area contributed by atoms with Crippen molar-refractivity contribution < 1.29 is 13.2 Å². The molecule has 1 aromatic carbocycles. The molecule has 8 heteroatoms. The lowest BCUT2D eigenvalue weighted by atomic mass is 9.95. The molecule has 0 aliphatic heterocycles. The first kappa shape index (κ1) is 21.9. The molecular weight excluding hydrogens is 338 g/mol. The minimum Gasteiger partial charge on any atom is -0.356 e. The SMILES string of the molecule is CCS(=O)(=O)NCCCNC(=O)C(C)C(N)c1ccccc1.Cl. The van der Waals surface area contributed by atoms with Gasteiger partial charge < -0.3 is 11.1 Å². The average Bonchev–Trinajstić information content (AvgIpc) is 2.53. The van der Waals surface area contributed by atoms with Crippen molar-refractivity contribution in [1.29, 1.82) is 0 Å². The lowest BCUT2D eigenvalue weighted by Gasteiger charge is -2.19. The number of rotatable bonds is 9. The Morgan fingerprint density at radius 1 is 1.22 bits per heavy atom. The fourth-order valence-corrected chi connectivity index (χ4v) is 2.58. The van der Waals surface area contributed by atoms with E-state index >= 15 is 0 Å². The third-order valence-corrected chi connectivity index (χ3v) is 4.90. The zero-order valence-corrected chi connectivity index (χ0v) is 15.1. The Morgan fingerprint density at radius 2 is 1.83 bits per heavy atom. The molecule has 1 aromatic rings. The summed E-state index contributed by atoms with van der Waals surface area (Å²) >= 11 is 0. The van der Waals surface area contributed by atoms with Gasteiger partial charge in [0.1, 0.15) is 0 Å². The predicted octanol–water partition coefficient (Wildman–Crippen LogP) is 1.19. The monoisotopic (exact) mass is 363 g/mol. The second-order valence-electron chi connectivity index (χ2n) is 5.17. The summed E-state index contributed by atoms with van der Waals surface area (Å²) in [5, 5.41) is 2.78. The van der Waals surface area contributed by atoms with Crippen molar-refractivity contribution in [1.82, 2.24) is 10.0 Å². The Hall–Kier alpha value is -1.15. The first-order valence-corrected chi connectivity index (χ1v) is 9.08.